The number of Topliss-reactive ketones (excluding diaryl/α,β-unsaturated/α-hetero) is 1. The predicted molar refractivity (Wildman–Crippen MR) is 71.0 cm³/mol. The Labute approximate surface area is 113 Å². The van der Waals surface area contributed by atoms with E-state index in [1.807, 2.05) is 0 Å². The van der Waals surface area contributed by atoms with Gasteiger partial charge in [0.15, 0.2) is 15.8 Å². The fraction of sp³-hybridized carbons (Fsp3) is 0.125. The van der Waals surface area contributed by atoms with Crippen LogP contribution in [0.2, 0.25) is 0 Å². The van der Waals surface area contributed by atoms with E-state index in [-0.39, 0.29) is 11.7 Å². The van der Waals surface area contributed by atoms with Crippen molar-refractivity contribution < 1.29 is 4.79 Å². The average molecular weight is 371 g/mol. The molecule has 2 aromatic heterocycles. The Morgan fingerprint density at radius 3 is 2.93 bits per heavy atom. The van der Waals surface area contributed by atoms with E-state index in [1.54, 1.807) is 22.9 Å². The number of aromatic nitrogens is 2. The maximum atomic E-state index is 11.3. The maximum Gasteiger partial charge on any atom is 0.196 e. The Morgan fingerprint density at radius 1 is 1.53 bits per heavy atom. The summed E-state index contributed by atoms with van der Waals surface area (Å²) in [6.07, 6.45) is 1.78. The molecule has 2 heterocycles. The molecule has 2 aromatic rings. The van der Waals surface area contributed by atoms with E-state index < -0.39 is 0 Å². The second-order valence-corrected chi connectivity index (χ2v) is 6.61. The van der Waals surface area contributed by atoms with Crippen LogP contribution in [0, 0.1) is 2.88 Å². The number of carbonyl (C=O) groups is 1. The van der Waals surface area contributed by atoms with Crippen molar-refractivity contribution in [1.82, 2.24) is 9.97 Å². The Hall–Kier alpha value is -0.0500. The lowest BCUT2D eigenvalue weighted by Gasteiger charge is -1.87. The summed E-state index contributed by atoms with van der Waals surface area (Å²) >= 11 is 10.6. The second kappa shape index (κ2) is 4.86. The maximum absolute atomic E-state index is 11.3. The summed E-state index contributed by atoms with van der Waals surface area (Å²) in [6, 6.07) is 0. The van der Waals surface area contributed by atoms with Gasteiger partial charge in [0.05, 0.1) is 15.0 Å². The van der Waals surface area contributed by atoms with Crippen molar-refractivity contribution in [2.45, 2.75) is 0 Å². The number of thiazole rings is 2. The van der Waals surface area contributed by atoms with Gasteiger partial charge < -0.3 is 0 Å². The molecule has 0 radical (unpaired) electrons. The molecule has 0 aliphatic rings. The van der Waals surface area contributed by atoms with Crippen molar-refractivity contribution in [3.63, 3.8) is 0 Å². The van der Waals surface area contributed by atoms with Crippen molar-refractivity contribution in [1.29, 1.82) is 0 Å². The highest BCUT2D eigenvalue weighted by molar-refractivity contribution is 14.1. The number of hydrogen-bond donors (Lipinski definition) is 0. The van der Waals surface area contributed by atoms with Crippen molar-refractivity contribution >= 4 is 62.6 Å². The van der Waals surface area contributed by atoms with Crippen molar-refractivity contribution in [2.75, 3.05) is 5.88 Å². The molecule has 0 atom stereocenters. The van der Waals surface area contributed by atoms with Gasteiger partial charge in [-0.25, -0.2) is 9.97 Å². The first-order valence-corrected chi connectivity index (χ1v) is 7.18. The van der Waals surface area contributed by atoms with Crippen LogP contribution in [0.3, 0.4) is 0 Å². The number of carbonyl (C=O) groups excluding carboxylic acids is 1. The number of rotatable bonds is 3. The van der Waals surface area contributed by atoms with Crippen LogP contribution in [0.5, 0.6) is 0 Å². The van der Waals surface area contributed by atoms with E-state index in [9.17, 15) is 4.79 Å². The highest BCUT2D eigenvalue weighted by atomic mass is 127. The monoisotopic (exact) mass is 370 g/mol. The van der Waals surface area contributed by atoms with E-state index in [0.717, 1.165) is 12.9 Å². The van der Waals surface area contributed by atoms with Gasteiger partial charge in [-0.3, -0.25) is 4.79 Å². The fourth-order valence-electron chi connectivity index (χ4n) is 0.922. The summed E-state index contributed by atoms with van der Waals surface area (Å²) in [5.74, 6) is -0.177. The molecule has 2 rings (SSSR count). The van der Waals surface area contributed by atoms with Gasteiger partial charge in [0.25, 0.3) is 0 Å². The van der Waals surface area contributed by atoms with Crippen molar-refractivity contribution in [3.05, 3.63) is 20.2 Å². The van der Waals surface area contributed by atoms with E-state index >= 15 is 0 Å². The summed E-state index contributed by atoms with van der Waals surface area (Å²) in [5, 5.41) is 3.34. The molecule has 3 nitrogen and oxygen atoms in total. The van der Waals surface area contributed by atoms with E-state index in [4.69, 9.17) is 11.6 Å². The first-order chi connectivity index (χ1) is 7.20. The minimum Gasteiger partial charge on any atom is -0.291 e. The molecular formula is C8H4ClIN2OS2. The quantitative estimate of drug-likeness (QED) is 0.473. The summed E-state index contributed by atoms with van der Waals surface area (Å²) in [7, 11) is 0. The molecule has 0 N–H and O–H groups in total. The molecule has 0 saturated heterocycles. The van der Waals surface area contributed by atoms with E-state index in [1.165, 1.54) is 11.3 Å². The Balaban J connectivity index is 2.31. The standard InChI is InChI=1S/C8H4ClIN2OS2/c9-1-5(13)4-3-14-8(12-4)7-11-2-6(10)15-7/h2-3H,1H2. The number of hydrogen-bond acceptors (Lipinski definition) is 5. The van der Waals surface area contributed by atoms with Gasteiger partial charge >= 0.3 is 0 Å². The van der Waals surface area contributed by atoms with Gasteiger partial charge in [-0.2, -0.15) is 0 Å². The average Bonchev–Trinajstić information content (AvgIpc) is 2.84. The first kappa shape index (κ1) is 11.4. The van der Waals surface area contributed by atoms with Crippen LogP contribution >= 0.6 is 56.9 Å². The number of nitrogens with zero attached hydrogens (tertiary/aromatic N) is 2. The molecular weight excluding hydrogens is 367 g/mol. The zero-order valence-corrected chi connectivity index (χ0v) is 11.8. The minimum absolute atomic E-state index is 0.0292. The van der Waals surface area contributed by atoms with E-state index in [0.29, 0.717) is 5.69 Å². The van der Waals surface area contributed by atoms with Gasteiger partial charge in [0, 0.05) is 5.38 Å². The van der Waals surface area contributed by atoms with Crippen molar-refractivity contribution in [3.8, 4) is 10.0 Å². The Bertz CT molecular complexity index is 496. The van der Waals surface area contributed by atoms with Crippen LogP contribution in [0.1, 0.15) is 10.5 Å². The molecule has 7 heteroatoms. The summed E-state index contributed by atoms with van der Waals surface area (Å²) in [5.41, 5.74) is 0.426. The van der Waals surface area contributed by atoms with Gasteiger partial charge in [-0.05, 0) is 22.6 Å². The molecule has 78 valence electrons. The van der Waals surface area contributed by atoms with Crippen molar-refractivity contribution in [2.24, 2.45) is 0 Å². The van der Waals surface area contributed by atoms with Crippen LogP contribution in [-0.2, 0) is 0 Å². The third-order valence-electron chi connectivity index (χ3n) is 1.57. The van der Waals surface area contributed by atoms with Crippen LogP contribution < -0.4 is 0 Å². The SMILES string of the molecule is O=C(CCl)c1csc(-c2ncc(I)s2)n1. The first-order valence-electron chi connectivity index (χ1n) is 3.87. The Morgan fingerprint density at radius 2 is 2.33 bits per heavy atom. The summed E-state index contributed by atoms with van der Waals surface area (Å²) < 4.78 is 1.10. The topological polar surface area (TPSA) is 42.9 Å². The van der Waals surface area contributed by atoms with Gasteiger partial charge in [-0.15, -0.1) is 34.3 Å². The Kier molecular flexibility index (Phi) is 3.70. The third-order valence-corrected chi connectivity index (χ3v) is 4.52. The van der Waals surface area contributed by atoms with Crippen LogP contribution in [0.15, 0.2) is 11.6 Å². The normalized spacial score (nSPS) is 10.5. The van der Waals surface area contributed by atoms with Crippen LogP contribution in [0.4, 0.5) is 0 Å². The van der Waals surface area contributed by atoms with E-state index in [2.05, 4.69) is 32.6 Å². The second-order valence-electron chi connectivity index (χ2n) is 2.56. The predicted octanol–water partition coefficient (Wildman–Crippen LogP) is 3.29. The number of alkyl halides is 1. The van der Waals surface area contributed by atoms with Gasteiger partial charge in [0.2, 0.25) is 0 Å². The molecule has 0 fully saturated rings. The number of halogens is 2. The molecule has 0 saturated carbocycles. The smallest absolute Gasteiger partial charge is 0.196 e. The van der Waals surface area contributed by atoms with Crippen LogP contribution in [0.25, 0.3) is 10.0 Å². The molecule has 0 spiro atoms. The zero-order valence-electron chi connectivity index (χ0n) is 7.24. The lowest BCUT2D eigenvalue weighted by molar-refractivity contribution is 0.101. The third kappa shape index (κ3) is 2.55. The highest BCUT2D eigenvalue weighted by Crippen LogP contribution is 2.28. The minimum atomic E-state index is -0.148. The molecule has 0 unspecified atom stereocenters. The largest absolute Gasteiger partial charge is 0.291 e. The molecule has 15 heavy (non-hydrogen) atoms. The highest BCUT2D eigenvalue weighted by Gasteiger charge is 2.12. The number of ketones is 1. The van der Waals surface area contributed by atoms with Gasteiger partial charge in [0.1, 0.15) is 5.69 Å². The van der Waals surface area contributed by atoms with Crippen LogP contribution in [-0.4, -0.2) is 21.6 Å². The molecule has 0 aliphatic heterocycles. The lowest BCUT2D eigenvalue weighted by Crippen LogP contribution is -1.99. The fourth-order valence-corrected chi connectivity index (χ4v) is 3.33. The zero-order chi connectivity index (χ0) is 10.8. The summed E-state index contributed by atoms with van der Waals surface area (Å²) in [4.78, 5) is 19.6. The molecule has 0 bridgehead atoms. The summed E-state index contributed by atoms with van der Waals surface area (Å²) in [6.45, 7) is 0. The molecule has 0 aromatic carbocycles. The molecule has 0 aliphatic carbocycles. The lowest BCUT2D eigenvalue weighted by atomic mass is 10.3. The molecule has 0 amide bonds. The van der Waals surface area contributed by atoms with Gasteiger partial charge in [-0.1, -0.05) is 0 Å².